The van der Waals surface area contributed by atoms with E-state index in [-0.39, 0.29) is 17.3 Å². The smallest absolute Gasteiger partial charge is 0.416 e. The van der Waals surface area contributed by atoms with Gasteiger partial charge in [0.1, 0.15) is 11.2 Å². The quantitative estimate of drug-likeness (QED) is 0.468. The van der Waals surface area contributed by atoms with Crippen LogP contribution in [0.15, 0.2) is 71.6 Å². The second-order valence-electron chi connectivity index (χ2n) is 9.30. The number of halogens is 3. The zero-order chi connectivity index (χ0) is 24.7. The van der Waals surface area contributed by atoms with E-state index in [1.807, 2.05) is 38.2 Å². The van der Waals surface area contributed by atoms with Crippen LogP contribution in [0.5, 0.6) is 5.75 Å². The standard InChI is InChI=1S/C27H28F3N3OS/c1-18-12-19(14-22(34)13-18)16-32-10-11-33(17-24(32)20-6-4-3-5-7-20)26-31(2)23-9-8-21(27(28,29)30)15-25(23)35-26/h3-9,12-15,24,26,34H,10-11,16-17H2,1-2H3. The summed E-state index contributed by atoms with van der Waals surface area (Å²) in [7, 11) is 1.95. The monoisotopic (exact) mass is 499 g/mol. The van der Waals surface area contributed by atoms with Crippen molar-refractivity contribution < 1.29 is 18.3 Å². The Morgan fingerprint density at radius 1 is 1.00 bits per heavy atom. The van der Waals surface area contributed by atoms with E-state index in [1.165, 1.54) is 29.5 Å². The molecule has 0 radical (unpaired) electrons. The fraction of sp³-hybridized carbons (Fsp3) is 0.333. The molecule has 3 aromatic carbocycles. The average Bonchev–Trinajstić information content (AvgIpc) is 3.14. The Kier molecular flexibility index (Phi) is 6.46. The van der Waals surface area contributed by atoms with Crippen molar-refractivity contribution >= 4 is 17.4 Å². The highest BCUT2D eigenvalue weighted by Crippen LogP contribution is 2.47. The Hall–Kier alpha value is -2.68. The third-order valence-corrected chi connectivity index (χ3v) is 8.16. The Balaban J connectivity index is 1.38. The third kappa shape index (κ3) is 5.01. The number of hydrogen-bond acceptors (Lipinski definition) is 5. The Morgan fingerprint density at radius 3 is 2.49 bits per heavy atom. The summed E-state index contributed by atoms with van der Waals surface area (Å²) >= 11 is 1.49. The van der Waals surface area contributed by atoms with Crippen LogP contribution in [0.2, 0.25) is 0 Å². The fourth-order valence-corrected chi connectivity index (χ4v) is 6.46. The summed E-state index contributed by atoms with van der Waals surface area (Å²) in [5.41, 5.74) is 3.46. The van der Waals surface area contributed by atoms with Gasteiger partial charge in [0.25, 0.3) is 0 Å². The topological polar surface area (TPSA) is 30.0 Å². The van der Waals surface area contributed by atoms with Crippen molar-refractivity contribution in [3.63, 3.8) is 0 Å². The molecule has 1 fully saturated rings. The molecule has 0 amide bonds. The van der Waals surface area contributed by atoms with Crippen LogP contribution >= 0.6 is 11.8 Å². The van der Waals surface area contributed by atoms with Crippen molar-refractivity contribution in [2.45, 2.75) is 36.1 Å². The van der Waals surface area contributed by atoms with Gasteiger partial charge in [0, 0.05) is 44.2 Å². The largest absolute Gasteiger partial charge is 0.508 e. The predicted molar refractivity (Wildman–Crippen MR) is 134 cm³/mol. The molecule has 0 spiro atoms. The first-order chi connectivity index (χ1) is 16.7. The molecule has 2 heterocycles. The van der Waals surface area contributed by atoms with Crippen LogP contribution in [0.3, 0.4) is 0 Å². The first kappa shape index (κ1) is 24.0. The van der Waals surface area contributed by atoms with Crippen LogP contribution in [0.25, 0.3) is 0 Å². The molecule has 0 saturated carbocycles. The maximum atomic E-state index is 13.3. The van der Waals surface area contributed by atoms with Gasteiger partial charge in [-0.05, 0) is 53.9 Å². The van der Waals surface area contributed by atoms with Crippen molar-refractivity contribution in [3.05, 3.63) is 89.0 Å². The van der Waals surface area contributed by atoms with E-state index in [0.717, 1.165) is 36.4 Å². The average molecular weight is 500 g/mol. The van der Waals surface area contributed by atoms with Crippen molar-refractivity contribution in [1.29, 1.82) is 0 Å². The van der Waals surface area contributed by atoms with Crippen molar-refractivity contribution in [2.24, 2.45) is 0 Å². The zero-order valence-electron chi connectivity index (χ0n) is 19.7. The number of phenolic OH excluding ortho intramolecular Hbond substituents is 1. The van der Waals surface area contributed by atoms with Crippen molar-refractivity contribution in [1.82, 2.24) is 9.80 Å². The van der Waals surface area contributed by atoms with Crippen LogP contribution < -0.4 is 4.90 Å². The fourth-order valence-electron chi connectivity index (χ4n) is 5.10. The van der Waals surface area contributed by atoms with E-state index in [4.69, 9.17) is 0 Å². The zero-order valence-corrected chi connectivity index (χ0v) is 20.5. The van der Waals surface area contributed by atoms with Gasteiger partial charge in [-0.15, -0.1) is 0 Å². The van der Waals surface area contributed by atoms with E-state index in [2.05, 4.69) is 32.9 Å². The van der Waals surface area contributed by atoms with Crippen molar-refractivity contribution in [2.75, 3.05) is 31.6 Å². The normalized spacial score (nSPS) is 21.3. The predicted octanol–water partition coefficient (Wildman–Crippen LogP) is 6.10. The summed E-state index contributed by atoms with van der Waals surface area (Å²) in [6.45, 7) is 5.05. The molecular weight excluding hydrogens is 471 g/mol. The van der Waals surface area contributed by atoms with E-state index in [9.17, 15) is 18.3 Å². The lowest BCUT2D eigenvalue weighted by molar-refractivity contribution is -0.137. The van der Waals surface area contributed by atoms with Gasteiger partial charge in [0.05, 0.1) is 11.3 Å². The van der Waals surface area contributed by atoms with Crippen LogP contribution in [-0.2, 0) is 12.7 Å². The van der Waals surface area contributed by atoms with Crippen LogP contribution in [0.4, 0.5) is 18.9 Å². The maximum Gasteiger partial charge on any atom is 0.416 e. The molecule has 4 nitrogen and oxygen atoms in total. The molecule has 2 aliphatic rings. The molecule has 2 atom stereocenters. The number of thioether (sulfide) groups is 1. The van der Waals surface area contributed by atoms with E-state index < -0.39 is 11.7 Å². The molecule has 0 bridgehead atoms. The molecule has 35 heavy (non-hydrogen) atoms. The van der Waals surface area contributed by atoms with Gasteiger partial charge in [-0.25, -0.2) is 0 Å². The highest BCUT2D eigenvalue weighted by Gasteiger charge is 2.39. The van der Waals surface area contributed by atoms with Gasteiger partial charge < -0.3 is 10.0 Å². The maximum absolute atomic E-state index is 13.3. The van der Waals surface area contributed by atoms with E-state index in [0.29, 0.717) is 11.4 Å². The number of nitrogens with zero attached hydrogens (tertiary/aromatic N) is 3. The van der Waals surface area contributed by atoms with Gasteiger partial charge >= 0.3 is 6.18 Å². The number of fused-ring (bicyclic) bond motifs is 1. The molecular formula is C27H28F3N3OS. The molecule has 0 aromatic heterocycles. The first-order valence-electron chi connectivity index (χ1n) is 11.6. The van der Waals surface area contributed by atoms with E-state index in [1.54, 1.807) is 12.1 Å². The third-order valence-electron chi connectivity index (χ3n) is 6.76. The Labute approximate surface area is 208 Å². The highest BCUT2D eigenvalue weighted by atomic mass is 32.2. The molecule has 2 aliphatic heterocycles. The second-order valence-corrected chi connectivity index (χ2v) is 10.4. The molecule has 1 N–H and O–H groups in total. The molecule has 1 saturated heterocycles. The number of anilines is 1. The molecule has 2 unspecified atom stereocenters. The summed E-state index contributed by atoms with van der Waals surface area (Å²) in [6.07, 6.45) is -4.35. The molecule has 184 valence electrons. The van der Waals surface area contributed by atoms with Gasteiger partial charge in [0.15, 0.2) is 0 Å². The number of rotatable bonds is 4. The minimum atomic E-state index is -4.35. The minimum absolute atomic E-state index is 0.0649. The van der Waals surface area contributed by atoms with Gasteiger partial charge in [-0.1, -0.05) is 48.2 Å². The first-order valence-corrected chi connectivity index (χ1v) is 12.5. The van der Waals surface area contributed by atoms with Gasteiger partial charge in [-0.2, -0.15) is 13.2 Å². The lowest BCUT2D eigenvalue weighted by atomic mass is 10.0. The SMILES string of the molecule is Cc1cc(O)cc(CN2CCN(C3Sc4cc(C(F)(F)F)ccc4N3C)CC2c2ccccc2)c1. The number of piperazine rings is 1. The summed E-state index contributed by atoms with van der Waals surface area (Å²) in [4.78, 5) is 7.53. The molecule has 3 aromatic rings. The van der Waals surface area contributed by atoms with Gasteiger partial charge in [0.2, 0.25) is 0 Å². The Morgan fingerprint density at radius 2 is 1.77 bits per heavy atom. The molecule has 0 aliphatic carbocycles. The number of aryl methyl sites for hydroxylation is 1. The second kappa shape index (κ2) is 9.41. The number of aromatic hydroxyl groups is 1. The number of alkyl halides is 3. The molecule has 5 rings (SSSR count). The minimum Gasteiger partial charge on any atom is -0.508 e. The van der Waals surface area contributed by atoms with Crippen LogP contribution in [-0.4, -0.2) is 47.1 Å². The van der Waals surface area contributed by atoms with Gasteiger partial charge in [-0.3, -0.25) is 9.80 Å². The summed E-state index contributed by atoms with van der Waals surface area (Å²) < 4.78 is 39.8. The highest BCUT2D eigenvalue weighted by molar-refractivity contribution is 8.00. The Bertz CT molecular complexity index is 1180. The number of hydrogen-bond donors (Lipinski definition) is 1. The lowest BCUT2D eigenvalue weighted by Crippen LogP contribution is -2.53. The van der Waals surface area contributed by atoms with Crippen molar-refractivity contribution in [3.8, 4) is 5.75 Å². The van der Waals surface area contributed by atoms with Crippen LogP contribution in [0.1, 0.15) is 28.3 Å². The van der Waals surface area contributed by atoms with Crippen LogP contribution in [0, 0.1) is 6.92 Å². The summed E-state index contributed by atoms with van der Waals surface area (Å²) in [6, 6.07) is 20.2. The summed E-state index contributed by atoms with van der Waals surface area (Å²) in [5.74, 6) is 0.273. The van der Waals surface area contributed by atoms with E-state index >= 15 is 0 Å². The lowest BCUT2D eigenvalue weighted by Gasteiger charge is -2.45. The molecule has 8 heteroatoms. The number of phenols is 1. The summed E-state index contributed by atoms with van der Waals surface area (Å²) in [5, 5.41) is 10.1. The number of benzene rings is 3.